The second-order valence-corrected chi connectivity index (χ2v) is 4.74. The molecule has 1 aromatic carbocycles. The first kappa shape index (κ1) is 12.7. The van der Waals surface area contributed by atoms with Crippen LogP contribution in [0.5, 0.6) is 5.75 Å². The number of hydrogen-bond acceptors (Lipinski definition) is 4. The predicted molar refractivity (Wildman–Crippen MR) is 71.5 cm³/mol. The lowest BCUT2D eigenvalue weighted by Crippen LogP contribution is -2.06. The third kappa shape index (κ3) is 2.24. The molecule has 0 spiro atoms. The average molecular weight is 273 g/mol. The molecule has 1 fully saturated rings. The zero-order valence-corrected chi connectivity index (χ0v) is 11.1. The molecule has 2 aromatic rings. The number of ether oxygens (including phenoxy) is 1. The predicted octanol–water partition coefficient (Wildman–Crippen LogP) is 2.24. The lowest BCUT2D eigenvalue weighted by Gasteiger charge is -2.08. The lowest BCUT2D eigenvalue weighted by atomic mass is 10.2. The summed E-state index contributed by atoms with van der Waals surface area (Å²) in [4.78, 5) is 11.2. The summed E-state index contributed by atoms with van der Waals surface area (Å²) in [5.74, 6) is -0.0508. The highest BCUT2D eigenvalue weighted by atomic mass is 16.5. The Hall–Kier alpha value is -2.37. The summed E-state index contributed by atoms with van der Waals surface area (Å²) in [6.45, 7) is 2.50. The van der Waals surface area contributed by atoms with Crippen molar-refractivity contribution in [1.82, 2.24) is 15.0 Å². The second kappa shape index (κ2) is 4.96. The number of aromatic nitrogens is 3. The summed E-state index contributed by atoms with van der Waals surface area (Å²) < 4.78 is 7.08. The number of rotatable bonds is 5. The second-order valence-electron chi connectivity index (χ2n) is 4.74. The minimum absolute atomic E-state index is 0.0503. The molecule has 1 heterocycles. The van der Waals surface area contributed by atoms with Crippen LogP contribution in [0.4, 0.5) is 0 Å². The molecule has 6 heteroatoms. The largest absolute Gasteiger partial charge is 0.494 e. The van der Waals surface area contributed by atoms with Crippen LogP contribution in [0.3, 0.4) is 0 Å². The van der Waals surface area contributed by atoms with E-state index in [9.17, 15) is 9.90 Å². The first-order chi connectivity index (χ1) is 9.70. The van der Waals surface area contributed by atoms with Gasteiger partial charge in [0.1, 0.15) is 5.75 Å². The van der Waals surface area contributed by atoms with Crippen LogP contribution in [0.2, 0.25) is 0 Å². The first-order valence-electron chi connectivity index (χ1n) is 6.62. The number of carboxylic acids is 1. The van der Waals surface area contributed by atoms with Gasteiger partial charge in [-0.15, -0.1) is 5.10 Å². The van der Waals surface area contributed by atoms with Gasteiger partial charge < -0.3 is 9.84 Å². The van der Waals surface area contributed by atoms with E-state index in [0.717, 1.165) is 24.3 Å². The minimum Gasteiger partial charge on any atom is -0.494 e. The van der Waals surface area contributed by atoms with Crippen LogP contribution < -0.4 is 4.74 Å². The average Bonchev–Trinajstić information content (AvgIpc) is 3.17. The lowest BCUT2D eigenvalue weighted by molar-refractivity contribution is 0.0689. The molecule has 1 N–H and O–H groups in total. The number of carbonyl (C=O) groups is 1. The molecule has 0 amide bonds. The van der Waals surface area contributed by atoms with Crippen LogP contribution in [0.15, 0.2) is 24.3 Å². The van der Waals surface area contributed by atoms with E-state index in [0.29, 0.717) is 12.3 Å². The molecular weight excluding hydrogens is 258 g/mol. The maximum atomic E-state index is 11.2. The fraction of sp³-hybridized carbons (Fsp3) is 0.357. The van der Waals surface area contributed by atoms with Gasteiger partial charge in [0, 0.05) is 12.0 Å². The van der Waals surface area contributed by atoms with Crippen molar-refractivity contribution in [1.29, 1.82) is 0 Å². The van der Waals surface area contributed by atoms with Crippen LogP contribution in [0.25, 0.3) is 5.69 Å². The van der Waals surface area contributed by atoms with Gasteiger partial charge in [-0.1, -0.05) is 11.3 Å². The van der Waals surface area contributed by atoms with E-state index >= 15 is 0 Å². The number of benzene rings is 1. The van der Waals surface area contributed by atoms with Gasteiger partial charge >= 0.3 is 5.97 Å². The number of hydrogen-bond donors (Lipinski definition) is 1. The van der Waals surface area contributed by atoms with Gasteiger partial charge in [-0.3, -0.25) is 0 Å². The summed E-state index contributed by atoms with van der Waals surface area (Å²) >= 11 is 0. The molecule has 0 unspecified atom stereocenters. The van der Waals surface area contributed by atoms with Crippen molar-refractivity contribution in [2.24, 2.45) is 0 Å². The van der Waals surface area contributed by atoms with E-state index < -0.39 is 5.97 Å². The molecule has 1 saturated carbocycles. The SMILES string of the molecule is CCOc1cccc(-n2nnc(C(=O)O)c2C2CC2)c1. The van der Waals surface area contributed by atoms with Gasteiger partial charge in [-0.25, -0.2) is 9.48 Å². The third-order valence-electron chi connectivity index (χ3n) is 3.24. The Morgan fingerprint density at radius 2 is 2.30 bits per heavy atom. The normalized spacial score (nSPS) is 14.2. The van der Waals surface area contributed by atoms with Crippen LogP contribution in [0.1, 0.15) is 41.9 Å². The quantitative estimate of drug-likeness (QED) is 0.904. The molecule has 3 rings (SSSR count). The maximum absolute atomic E-state index is 11.2. The van der Waals surface area contributed by atoms with Gasteiger partial charge in [0.25, 0.3) is 0 Å². The van der Waals surface area contributed by atoms with Crippen LogP contribution >= 0.6 is 0 Å². The smallest absolute Gasteiger partial charge is 0.358 e. The standard InChI is InChI=1S/C14H15N3O3/c1-2-20-11-5-3-4-10(8-11)17-13(9-6-7-9)12(14(18)19)15-16-17/h3-5,8-9H,2,6-7H2,1H3,(H,18,19). The van der Waals surface area contributed by atoms with E-state index in [-0.39, 0.29) is 11.6 Å². The topological polar surface area (TPSA) is 77.2 Å². The van der Waals surface area contributed by atoms with E-state index in [2.05, 4.69) is 10.3 Å². The van der Waals surface area contributed by atoms with Crippen molar-refractivity contribution in [3.63, 3.8) is 0 Å². The van der Waals surface area contributed by atoms with Crippen LogP contribution in [-0.2, 0) is 0 Å². The Morgan fingerprint density at radius 1 is 1.50 bits per heavy atom. The molecule has 0 saturated heterocycles. The molecule has 0 radical (unpaired) electrons. The highest BCUT2D eigenvalue weighted by Crippen LogP contribution is 2.42. The van der Waals surface area contributed by atoms with Crippen LogP contribution in [-0.4, -0.2) is 32.7 Å². The monoisotopic (exact) mass is 273 g/mol. The molecule has 104 valence electrons. The third-order valence-corrected chi connectivity index (χ3v) is 3.24. The molecule has 0 atom stereocenters. The molecule has 1 aromatic heterocycles. The van der Waals surface area contributed by atoms with Gasteiger partial charge in [0.2, 0.25) is 0 Å². The van der Waals surface area contributed by atoms with Crippen molar-refractivity contribution in [3.8, 4) is 11.4 Å². The molecule has 0 bridgehead atoms. The van der Waals surface area contributed by atoms with E-state index in [1.165, 1.54) is 0 Å². The van der Waals surface area contributed by atoms with Crippen molar-refractivity contribution >= 4 is 5.97 Å². The first-order valence-corrected chi connectivity index (χ1v) is 6.62. The van der Waals surface area contributed by atoms with E-state index in [1.807, 2.05) is 31.2 Å². The Labute approximate surface area is 116 Å². The molecule has 6 nitrogen and oxygen atoms in total. The zero-order valence-electron chi connectivity index (χ0n) is 11.1. The molecule has 0 aliphatic heterocycles. The molecule has 1 aliphatic rings. The van der Waals surface area contributed by atoms with Crippen molar-refractivity contribution in [3.05, 3.63) is 35.7 Å². The summed E-state index contributed by atoms with van der Waals surface area (Å²) in [7, 11) is 0. The highest BCUT2D eigenvalue weighted by molar-refractivity contribution is 5.87. The van der Waals surface area contributed by atoms with Gasteiger partial charge in [-0.05, 0) is 31.9 Å². The van der Waals surface area contributed by atoms with Crippen LogP contribution in [0, 0.1) is 0 Å². The molecule has 1 aliphatic carbocycles. The maximum Gasteiger partial charge on any atom is 0.358 e. The molecule has 20 heavy (non-hydrogen) atoms. The van der Waals surface area contributed by atoms with Gasteiger partial charge in [0.05, 0.1) is 18.0 Å². The van der Waals surface area contributed by atoms with Crippen molar-refractivity contribution in [2.45, 2.75) is 25.7 Å². The van der Waals surface area contributed by atoms with Gasteiger partial charge in [0.15, 0.2) is 5.69 Å². The minimum atomic E-state index is -1.03. The zero-order chi connectivity index (χ0) is 14.1. The Bertz CT molecular complexity index is 647. The summed E-state index contributed by atoms with van der Waals surface area (Å²) in [6, 6.07) is 7.43. The summed E-state index contributed by atoms with van der Waals surface area (Å²) in [5, 5.41) is 17.0. The number of carboxylic acid groups (broad SMARTS) is 1. The fourth-order valence-electron chi connectivity index (χ4n) is 2.23. The summed E-state index contributed by atoms with van der Waals surface area (Å²) in [5.41, 5.74) is 1.51. The van der Waals surface area contributed by atoms with E-state index in [4.69, 9.17) is 4.74 Å². The highest BCUT2D eigenvalue weighted by Gasteiger charge is 2.34. The van der Waals surface area contributed by atoms with Crippen molar-refractivity contribution < 1.29 is 14.6 Å². The Balaban J connectivity index is 2.05. The number of nitrogens with zero attached hydrogens (tertiary/aromatic N) is 3. The number of aromatic carboxylic acids is 1. The van der Waals surface area contributed by atoms with E-state index in [1.54, 1.807) is 4.68 Å². The Morgan fingerprint density at radius 3 is 2.95 bits per heavy atom. The summed E-state index contributed by atoms with van der Waals surface area (Å²) in [6.07, 6.45) is 1.97. The van der Waals surface area contributed by atoms with Gasteiger partial charge in [-0.2, -0.15) is 0 Å². The Kier molecular flexibility index (Phi) is 3.14. The fourth-order valence-corrected chi connectivity index (χ4v) is 2.23. The van der Waals surface area contributed by atoms with Crippen molar-refractivity contribution in [2.75, 3.05) is 6.61 Å². The molecular formula is C14H15N3O3.